The fourth-order valence-corrected chi connectivity index (χ4v) is 0. The molecule has 0 heterocycles. The van der Waals surface area contributed by atoms with Gasteiger partial charge >= 0.3 is 0 Å². The Kier molecular flexibility index (Phi) is 205. The van der Waals surface area contributed by atoms with E-state index in [9.17, 15) is 0 Å². The van der Waals surface area contributed by atoms with Gasteiger partial charge in [-0.3, -0.25) is 0 Å². The zero-order valence-electron chi connectivity index (χ0n) is 1.38. The largest absolute Gasteiger partial charge is 0 e. The van der Waals surface area contributed by atoms with E-state index >= 15 is 0 Å². The fourth-order valence-electron chi connectivity index (χ4n) is 0. The number of hydrogen-bond donors (Lipinski definition) is 0. The van der Waals surface area contributed by atoms with Crippen molar-refractivity contribution in [3.05, 3.63) is 0 Å². The molecular formula is CuFeNiS. The van der Waals surface area contributed by atoms with E-state index in [0.717, 1.165) is 0 Å². The quantitative estimate of drug-likeness (QED) is 0.515. The van der Waals surface area contributed by atoms with Crippen LogP contribution in [0, 0.1) is 0 Å². The van der Waals surface area contributed by atoms with Crippen LogP contribution in [0.15, 0.2) is 0 Å². The summed E-state index contributed by atoms with van der Waals surface area (Å²) in [4.78, 5) is 0. The second-order valence-electron chi connectivity index (χ2n) is 0. The minimum absolute atomic E-state index is 0. The molecule has 0 aliphatic carbocycles. The van der Waals surface area contributed by atoms with Gasteiger partial charge in [0.1, 0.15) is 0 Å². The third kappa shape index (κ3) is 9.10. The molecule has 0 fully saturated rings. The first kappa shape index (κ1) is 39.6. The zero-order valence-corrected chi connectivity index (χ0v) is 5.23. The Morgan fingerprint density at radius 3 is 1.00 bits per heavy atom. The van der Waals surface area contributed by atoms with Crippen molar-refractivity contribution in [2.45, 2.75) is 0 Å². The van der Waals surface area contributed by atoms with Gasteiger partial charge in [-0.15, -0.1) is 0 Å². The van der Waals surface area contributed by atoms with Gasteiger partial charge in [-0.25, -0.2) is 0 Å². The summed E-state index contributed by atoms with van der Waals surface area (Å²) >= 11 is 0. The third-order valence-electron chi connectivity index (χ3n) is 0. The van der Waals surface area contributed by atoms with Crippen LogP contribution < -0.4 is 0 Å². The maximum atomic E-state index is 0. The summed E-state index contributed by atoms with van der Waals surface area (Å²) in [6, 6.07) is 0. The number of rotatable bonds is 0. The summed E-state index contributed by atoms with van der Waals surface area (Å²) in [5.41, 5.74) is 0. The van der Waals surface area contributed by atoms with Gasteiger partial charge in [-0.1, -0.05) is 0 Å². The maximum Gasteiger partial charge on any atom is 0 e. The van der Waals surface area contributed by atoms with Gasteiger partial charge in [0.25, 0.3) is 0 Å². The van der Waals surface area contributed by atoms with Crippen molar-refractivity contribution in [3.8, 4) is 0 Å². The summed E-state index contributed by atoms with van der Waals surface area (Å²) < 4.78 is 0. The monoisotopic (exact) mass is 209 g/mol. The van der Waals surface area contributed by atoms with Crippen molar-refractivity contribution in [2.75, 3.05) is 0 Å². The Morgan fingerprint density at radius 1 is 1.00 bits per heavy atom. The summed E-state index contributed by atoms with van der Waals surface area (Å²) in [5, 5.41) is 0. The van der Waals surface area contributed by atoms with Crippen LogP contribution in [0.3, 0.4) is 0 Å². The molecule has 0 aromatic heterocycles. The molecule has 0 unspecified atom stereocenters. The standard InChI is InChI=1S/Cu.Fe.Ni.S. The Morgan fingerprint density at radius 2 is 1.00 bits per heavy atom. The predicted octanol–water partition coefficient (Wildman–Crippen LogP) is 0.641. The van der Waals surface area contributed by atoms with Crippen LogP contribution >= 0.6 is 13.5 Å². The van der Waals surface area contributed by atoms with E-state index in [1.165, 1.54) is 0 Å². The molecule has 0 N–H and O–H groups in total. The molecule has 0 aromatic carbocycles. The van der Waals surface area contributed by atoms with Gasteiger partial charge in [0.2, 0.25) is 0 Å². The molecule has 35 valence electrons. The van der Waals surface area contributed by atoms with Crippen LogP contribution in [0.2, 0.25) is 0 Å². The molecule has 0 saturated carbocycles. The van der Waals surface area contributed by atoms with Crippen LogP contribution in [0.4, 0.5) is 0 Å². The molecular weight excluding hydrogens is 210 g/mol. The second-order valence-corrected chi connectivity index (χ2v) is 0. The predicted molar refractivity (Wildman–Crippen MR) is 7.59 cm³/mol. The minimum Gasteiger partial charge on any atom is 0 e. The Bertz CT molecular complexity index is 8.00. The van der Waals surface area contributed by atoms with Gasteiger partial charge in [-0.05, 0) is 0 Å². The molecule has 0 aliphatic rings. The molecule has 0 saturated heterocycles. The van der Waals surface area contributed by atoms with Crippen LogP contribution in [0.5, 0.6) is 0 Å². The smallest absolute Gasteiger partial charge is 0 e. The molecule has 3 radical (unpaired) electrons. The Labute approximate surface area is 63.8 Å². The summed E-state index contributed by atoms with van der Waals surface area (Å²) in [7, 11) is 0. The Balaban J connectivity index is 0. The van der Waals surface area contributed by atoms with Crippen molar-refractivity contribution in [1.29, 1.82) is 0 Å². The van der Waals surface area contributed by atoms with Crippen molar-refractivity contribution in [1.82, 2.24) is 0 Å². The molecule has 0 bridgehead atoms. The first-order chi connectivity index (χ1) is 0. The van der Waals surface area contributed by atoms with E-state index in [-0.39, 0.29) is 64.1 Å². The Hall–Kier alpha value is 1.88. The zero-order chi connectivity index (χ0) is 0. The van der Waals surface area contributed by atoms with E-state index in [1.807, 2.05) is 0 Å². The van der Waals surface area contributed by atoms with Gasteiger partial charge < -0.3 is 0 Å². The van der Waals surface area contributed by atoms with Crippen molar-refractivity contribution < 1.29 is 50.6 Å². The molecule has 0 spiro atoms. The topological polar surface area (TPSA) is 0 Å². The van der Waals surface area contributed by atoms with E-state index in [4.69, 9.17) is 0 Å². The second kappa shape index (κ2) is 20.8. The van der Waals surface area contributed by atoms with Crippen molar-refractivity contribution in [3.63, 3.8) is 0 Å². The van der Waals surface area contributed by atoms with Gasteiger partial charge in [0.05, 0.1) is 0 Å². The van der Waals surface area contributed by atoms with Crippen LogP contribution in [-0.2, 0) is 50.6 Å². The van der Waals surface area contributed by atoms with Gasteiger partial charge in [-0.2, -0.15) is 0 Å². The summed E-state index contributed by atoms with van der Waals surface area (Å²) in [6.07, 6.45) is 0. The van der Waals surface area contributed by atoms with E-state index in [2.05, 4.69) is 0 Å². The first-order valence-corrected chi connectivity index (χ1v) is 0. The average Bonchev–Trinajstić information content (AvgIpc) is 0. The molecule has 4 heteroatoms. The van der Waals surface area contributed by atoms with Crippen LogP contribution in [0.25, 0.3) is 0 Å². The van der Waals surface area contributed by atoms with E-state index in [0.29, 0.717) is 0 Å². The SMILES string of the molecule is [Cu].[Fe].[Ni].[S]. The average molecular weight is 210 g/mol. The van der Waals surface area contributed by atoms with Crippen molar-refractivity contribution in [2.24, 2.45) is 0 Å². The van der Waals surface area contributed by atoms with Crippen LogP contribution in [-0.4, -0.2) is 0 Å². The first-order valence-electron chi connectivity index (χ1n) is 0. The molecule has 0 aliphatic heterocycles. The van der Waals surface area contributed by atoms with Gasteiger partial charge in [0.15, 0.2) is 0 Å². The molecule has 0 rings (SSSR count). The van der Waals surface area contributed by atoms with Crippen LogP contribution in [0.1, 0.15) is 0 Å². The summed E-state index contributed by atoms with van der Waals surface area (Å²) in [5.74, 6) is 0. The molecule has 0 amide bonds. The molecule has 0 nitrogen and oxygen atoms in total. The van der Waals surface area contributed by atoms with Gasteiger partial charge in [0, 0.05) is 64.1 Å². The molecule has 0 aromatic rings. The van der Waals surface area contributed by atoms with E-state index < -0.39 is 0 Å². The summed E-state index contributed by atoms with van der Waals surface area (Å²) in [6.45, 7) is 0. The maximum absolute atomic E-state index is 0. The fraction of sp³-hybridized carbons (Fsp3) is 0. The third-order valence-corrected chi connectivity index (χ3v) is 0. The molecule has 4 heavy (non-hydrogen) atoms. The van der Waals surface area contributed by atoms with E-state index in [1.54, 1.807) is 0 Å². The minimum atomic E-state index is 0. The molecule has 0 atom stereocenters. The number of hydrogen-bond acceptors (Lipinski definition) is 0. The van der Waals surface area contributed by atoms with Crippen molar-refractivity contribution >= 4 is 13.5 Å². The normalized spacial score (nSPS) is 0.